The zero-order valence-electron chi connectivity index (χ0n) is 14.1. The van der Waals surface area contributed by atoms with Gasteiger partial charge in [-0.3, -0.25) is 4.90 Å². The Hall–Kier alpha value is -1.07. The highest BCUT2D eigenvalue weighted by molar-refractivity contribution is 5.31. The van der Waals surface area contributed by atoms with Crippen molar-refractivity contribution in [2.24, 2.45) is 5.92 Å². The van der Waals surface area contributed by atoms with E-state index in [4.69, 9.17) is 9.84 Å². The molecule has 1 N–H and O–H groups in total. The summed E-state index contributed by atoms with van der Waals surface area (Å²) in [6.07, 6.45) is 0. The molecule has 0 aliphatic carbocycles. The van der Waals surface area contributed by atoms with Crippen LogP contribution in [0.5, 0.6) is 5.88 Å². The van der Waals surface area contributed by atoms with E-state index in [9.17, 15) is 0 Å². The number of nitrogens with one attached hydrogen (secondary N) is 1. The third kappa shape index (κ3) is 4.20. The average molecular weight is 294 g/mol. The SMILES string of the molecule is CCOc1c(CN2CCN[C@H](C)C2)c(C)nn1CC(C)C. The Morgan fingerprint density at radius 1 is 1.43 bits per heavy atom. The van der Waals surface area contributed by atoms with E-state index < -0.39 is 0 Å². The van der Waals surface area contributed by atoms with Crippen LogP contribution in [0.3, 0.4) is 0 Å². The van der Waals surface area contributed by atoms with E-state index >= 15 is 0 Å². The van der Waals surface area contributed by atoms with Crippen LogP contribution in [0.15, 0.2) is 0 Å². The molecule has 2 heterocycles. The maximum atomic E-state index is 5.92. The number of aryl methyl sites for hydroxylation is 1. The first-order chi connectivity index (χ1) is 10.0. The van der Waals surface area contributed by atoms with Gasteiger partial charge in [0.15, 0.2) is 0 Å². The lowest BCUT2D eigenvalue weighted by Crippen LogP contribution is -2.48. The van der Waals surface area contributed by atoms with Gasteiger partial charge >= 0.3 is 0 Å². The predicted octanol–water partition coefficient (Wildman–Crippen LogP) is 2.04. The summed E-state index contributed by atoms with van der Waals surface area (Å²) in [5.74, 6) is 1.53. The van der Waals surface area contributed by atoms with Crippen molar-refractivity contribution < 1.29 is 4.74 Å². The number of nitrogens with zero attached hydrogens (tertiary/aromatic N) is 3. The highest BCUT2D eigenvalue weighted by atomic mass is 16.5. The second-order valence-corrected chi connectivity index (χ2v) is 6.47. The van der Waals surface area contributed by atoms with E-state index in [1.807, 2.05) is 11.6 Å². The Balaban J connectivity index is 2.18. The zero-order chi connectivity index (χ0) is 15.4. The van der Waals surface area contributed by atoms with Gasteiger partial charge in [0.25, 0.3) is 0 Å². The van der Waals surface area contributed by atoms with E-state index in [1.165, 1.54) is 5.56 Å². The quantitative estimate of drug-likeness (QED) is 0.872. The lowest BCUT2D eigenvalue weighted by atomic mass is 10.2. The smallest absolute Gasteiger partial charge is 0.216 e. The Bertz CT molecular complexity index is 455. The first-order valence-corrected chi connectivity index (χ1v) is 8.16. The van der Waals surface area contributed by atoms with Crippen molar-refractivity contribution in [3.05, 3.63) is 11.3 Å². The molecule has 1 saturated heterocycles. The fourth-order valence-electron chi connectivity index (χ4n) is 2.93. The normalized spacial score (nSPS) is 20.2. The molecule has 0 bridgehead atoms. The van der Waals surface area contributed by atoms with Crippen LogP contribution < -0.4 is 10.1 Å². The minimum atomic E-state index is 0.556. The van der Waals surface area contributed by atoms with Crippen molar-refractivity contribution in [3.63, 3.8) is 0 Å². The summed E-state index contributed by atoms with van der Waals surface area (Å²) in [6.45, 7) is 16.6. The van der Waals surface area contributed by atoms with E-state index in [-0.39, 0.29) is 0 Å². The first kappa shape index (κ1) is 16.3. The molecule has 21 heavy (non-hydrogen) atoms. The summed E-state index contributed by atoms with van der Waals surface area (Å²) in [5, 5.41) is 8.19. The van der Waals surface area contributed by atoms with E-state index in [1.54, 1.807) is 0 Å². The van der Waals surface area contributed by atoms with E-state index in [0.29, 0.717) is 18.6 Å². The average Bonchev–Trinajstić information content (AvgIpc) is 2.67. The molecular formula is C16H30N4O. The minimum absolute atomic E-state index is 0.556. The first-order valence-electron chi connectivity index (χ1n) is 8.16. The van der Waals surface area contributed by atoms with Gasteiger partial charge < -0.3 is 10.1 Å². The van der Waals surface area contributed by atoms with Crippen LogP contribution in [0.25, 0.3) is 0 Å². The Morgan fingerprint density at radius 3 is 2.81 bits per heavy atom. The van der Waals surface area contributed by atoms with Crippen LogP contribution in [0, 0.1) is 12.8 Å². The number of hydrogen-bond acceptors (Lipinski definition) is 4. The van der Waals surface area contributed by atoms with Gasteiger partial charge in [0, 0.05) is 38.8 Å². The van der Waals surface area contributed by atoms with Gasteiger partial charge in [-0.25, -0.2) is 4.68 Å². The standard InChI is InChI=1S/C16H30N4O/c1-6-21-16-15(11-19-8-7-17-13(4)10-19)14(5)18-20(16)9-12(2)3/h12-13,17H,6-11H2,1-5H3/t13-/m1/s1. The maximum absolute atomic E-state index is 5.92. The van der Waals surface area contributed by atoms with E-state index in [0.717, 1.165) is 44.3 Å². The molecule has 5 heteroatoms. The van der Waals surface area contributed by atoms with Crippen molar-refractivity contribution in [1.82, 2.24) is 20.0 Å². The van der Waals surface area contributed by atoms with Crippen LogP contribution in [0.2, 0.25) is 0 Å². The summed E-state index contributed by atoms with van der Waals surface area (Å²) in [5.41, 5.74) is 2.36. The van der Waals surface area contributed by atoms with Gasteiger partial charge in [-0.15, -0.1) is 0 Å². The fourth-order valence-corrected chi connectivity index (χ4v) is 2.93. The molecule has 0 unspecified atom stereocenters. The minimum Gasteiger partial charge on any atom is -0.478 e. The van der Waals surface area contributed by atoms with Crippen molar-refractivity contribution in [2.75, 3.05) is 26.2 Å². The molecule has 0 saturated carbocycles. The van der Waals surface area contributed by atoms with Crippen molar-refractivity contribution in [3.8, 4) is 5.88 Å². The summed E-state index contributed by atoms with van der Waals surface area (Å²) < 4.78 is 7.96. The Morgan fingerprint density at radius 2 is 2.19 bits per heavy atom. The number of rotatable bonds is 6. The second kappa shape index (κ2) is 7.27. The van der Waals surface area contributed by atoms with Crippen LogP contribution in [0.1, 0.15) is 39.0 Å². The summed E-state index contributed by atoms with van der Waals surface area (Å²) in [6, 6.07) is 0.556. The molecular weight excluding hydrogens is 264 g/mol. The van der Waals surface area contributed by atoms with Crippen LogP contribution >= 0.6 is 0 Å². The summed E-state index contributed by atoms with van der Waals surface area (Å²) in [4.78, 5) is 2.49. The van der Waals surface area contributed by atoms with Gasteiger partial charge in [0.05, 0.1) is 17.9 Å². The van der Waals surface area contributed by atoms with Gasteiger partial charge in [-0.1, -0.05) is 13.8 Å². The van der Waals surface area contributed by atoms with Crippen LogP contribution in [-0.2, 0) is 13.1 Å². The van der Waals surface area contributed by atoms with E-state index in [2.05, 4.69) is 37.9 Å². The molecule has 0 spiro atoms. The van der Waals surface area contributed by atoms with Crippen molar-refractivity contribution in [2.45, 2.75) is 53.8 Å². The van der Waals surface area contributed by atoms with Crippen molar-refractivity contribution >= 4 is 0 Å². The Labute approximate surface area is 128 Å². The third-order valence-electron chi connectivity index (χ3n) is 3.85. The summed E-state index contributed by atoms with van der Waals surface area (Å²) >= 11 is 0. The number of aromatic nitrogens is 2. The molecule has 0 radical (unpaired) electrons. The molecule has 1 aliphatic rings. The van der Waals surface area contributed by atoms with Gasteiger partial charge in [0.2, 0.25) is 5.88 Å². The van der Waals surface area contributed by atoms with Crippen LogP contribution in [0.4, 0.5) is 0 Å². The molecule has 0 aromatic carbocycles. The molecule has 1 aliphatic heterocycles. The molecule has 1 fully saturated rings. The molecule has 1 aromatic rings. The zero-order valence-corrected chi connectivity index (χ0v) is 14.1. The monoisotopic (exact) mass is 294 g/mol. The third-order valence-corrected chi connectivity index (χ3v) is 3.85. The second-order valence-electron chi connectivity index (χ2n) is 6.47. The van der Waals surface area contributed by atoms with Gasteiger partial charge in [-0.05, 0) is 26.7 Å². The number of piperazine rings is 1. The molecule has 2 rings (SSSR count). The largest absolute Gasteiger partial charge is 0.478 e. The lowest BCUT2D eigenvalue weighted by molar-refractivity contribution is 0.195. The molecule has 120 valence electrons. The molecule has 0 amide bonds. The van der Waals surface area contributed by atoms with Crippen LogP contribution in [-0.4, -0.2) is 47.0 Å². The topological polar surface area (TPSA) is 42.3 Å². The summed E-state index contributed by atoms with van der Waals surface area (Å²) in [7, 11) is 0. The molecule has 1 atom stereocenters. The molecule has 1 aromatic heterocycles. The van der Waals surface area contributed by atoms with Gasteiger partial charge in [-0.2, -0.15) is 5.10 Å². The number of hydrogen-bond donors (Lipinski definition) is 1. The fraction of sp³-hybridized carbons (Fsp3) is 0.812. The predicted molar refractivity (Wildman–Crippen MR) is 85.7 cm³/mol. The Kier molecular flexibility index (Phi) is 5.65. The highest BCUT2D eigenvalue weighted by Gasteiger charge is 2.22. The van der Waals surface area contributed by atoms with Gasteiger partial charge in [0.1, 0.15) is 0 Å². The highest BCUT2D eigenvalue weighted by Crippen LogP contribution is 2.25. The molecule has 5 nitrogen and oxygen atoms in total. The van der Waals surface area contributed by atoms with Crippen molar-refractivity contribution in [1.29, 1.82) is 0 Å². The number of ether oxygens (including phenoxy) is 1. The maximum Gasteiger partial charge on any atom is 0.216 e. The lowest BCUT2D eigenvalue weighted by Gasteiger charge is -2.31.